The van der Waals surface area contributed by atoms with Gasteiger partial charge in [0.1, 0.15) is 11.5 Å². The van der Waals surface area contributed by atoms with Gasteiger partial charge in [0, 0.05) is 20.6 Å². The summed E-state index contributed by atoms with van der Waals surface area (Å²) in [7, 11) is 0. The van der Waals surface area contributed by atoms with Crippen molar-refractivity contribution in [2.75, 3.05) is 6.61 Å². The summed E-state index contributed by atoms with van der Waals surface area (Å²) in [4.78, 5) is 0. The van der Waals surface area contributed by atoms with Gasteiger partial charge in [-0.1, -0.05) is 22.9 Å². The molecule has 0 spiro atoms. The zero-order valence-corrected chi connectivity index (χ0v) is 14.4. The Morgan fingerprint density at radius 2 is 2.05 bits per heavy atom. The maximum atomic E-state index is 9.15. The van der Waals surface area contributed by atoms with Gasteiger partial charge >= 0.3 is 0 Å². The minimum Gasteiger partial charge on any atom is -0.460 e. The van der Waals surface area contributed by atoms with E-state index in [1.807, 2.05) is 37.3 Å². The van der Waals surface area contributed by atoms with Gasteiger partial charge < -0.3 is 14.8 Å². The maximum Gasteiger partial charge on any atom is 0.135 e. The summed E-state index contributed by atoms with van der Waals surface area (Å²) in [6.07, 6.45) is 0.891. The Kier molecular flexibility index (Phi) is 5.84. The molecule has 1 unspecified atom stereocenters. The lowest BCUT2D eigenvalue weighted by Crippen LogP contribution is -2.30. The van der Waals surface area contributed by atoms with E-state index in [4.69, 9.17) is 9.52 Å². The number of hydrogen-bond acceptors (Lipinski definition) is 3. The highest BCUT2D eigenvalue weighted by Crippen LogP contribution is 2.31. The SMILES string of the molecule is CCC(CO)NCc1ccc(-c2ccc(Br)cc2Br)o1. The molecule has 0 fully saturated rings. The minimum atomic E-state index is 0.114. The topological polar surface area (TPSA) is 45.4 Å². The van der Waals surface area contributed by atoms with Crippen LogP contribution in [0.25, 0.3) is 11.3 Å². The van der Waals surface area contributed by atoms with Crippen molar-refractivity contribution >= 4 is 31.9 Å². The zero-order valence-electron chi connectivity index (χ0n) is 11.2. The predicted molar refractivity (Wildman–Crippen MR) is 87.5 cm³/mol. The number of aliphatic hydroxyl groups excluding tert-OH is 1. The summed E-state index contributed by atoms with van der Waals surface area (Å²) in [5.41, 5.74) is 1.02. The van der Waals surface area contributed by atoms with Crippen molar-refractivity contribution in [3.05, 3.63) is 45.0 Å². The molecular formula is C15H17Br2NO2. The Morgan fingerprint density at radius 1 is 1.25 bits per heavy atom. The number of hydrogen-bond donors (Lipinski definition) is 2. The van der Waals surface area contributed by atoms with Gasteiger partial charge in [0.05, 0.1) is 13.2 Å². The van der Waals surface area contributed by atoms with Crippen LogP contribution in [0.3, 0.4) is 0 Å². The fraction of sp³-hybridized carbons (Fsp3) is 0.333. The Morgan fingerprint density at radius 3 is 2.70 bits per heavy atom. The lowest BCUT2D eigenvalue weighted by molar-refractivity contribution is 0.235. The van der Waals surface area contributed by atoms with Gasteiger partial charge in [-0.2, -0.15) is 0 Å². The van der Waals surface area contributed by atoms with Gasteiger partial charge in [0.25, 0.3) is 0 Å². The Labute approximate surface area is 135 Å². The third-order valence-electron chi connectivity index (χ3n) is 3.14. The summed E-state index contributed by atoms with van der Waals surface area (Å²) in [5.74, 6) is 1.69. The molecule has 1 atom stereocenters. The van der Waals surface area contributed by atoms with Crippen LogP contribution in [0.15, 0.2) is 43.7 Å². The number of furan rings is 1. The molecule has 0 radical (unpaired) electrons. The lowest BCUT2D eigenvalue weighted by atomic mass is 10.2. The highest BCUT2D eigenvalue weighted by Gasteiger charge is 2.10. The van der Waals surface area contributed by atoms with Gasteiger partial charge in [0.2, 0.25) is 0 Å². The van der Waals surface area contributed by atoms with E-state index >= 15 is 0 Å². The standard InChI is InChI=1S/C15H17Br2NO2/c1-2-11(9-19)18-8-12-4-6-15(20-12)13-5-3-10(16)7-14(13)17/h3-7,11,18-19H,2,8-9H2,1H3. The fourth-order valence-electron chi connectivity index (χ4n) is 1.89. The van der Waals surface area contributed by atoms with Crippen molar-refractivity contribution in [1.82, 2.24) is 5.32 Å². The highest BCUT2D eigenvalue weighted by atomic mass is 79.9. The molecule has 2 rings (SSSR count). The van der Waals surface area contributed by atoms with E-state index in [0.717, 1.165) is 32.5 Å². The number of aliphatic hydroxyl groups is 1. The first kappa shape index (κ1) is 15.8. The van der Waals surface area contributed by atoms with E-state index in [2.05, 4.69) is 37.2 Å². The first-order valence-electron chi connectivity index (χ1n) is 6.52. The first-order valence-corrected chi connectivity index (χ1v) is 8.11. The van der Waals surface area contributed by atoms with Crippen LogP contribution in [0, 0.1) is 0 Å². The molecule has 1 aromatic carbocycles. The van der Waals surface area contributed by atoms with E-state index in [1.165, 1.54) is 0 Å². The highest BCUT2D eigenvalue weighted by molar-refractivity contribution is 9.11. The Hall–Kier alpha value is -0.620. The normalized spacial score (nSPS) is 12.6. The zero-order chi connectivity index (χ0) is 14.5. The van der Waals surface area contributed by atoms with E-state index < -0.39 is 0 Å². The second-order valence-electron chi connectivity index (χ2n) is 4.56. The molecule has 0 aliphatic carbocycles. The van der Waals surface area contributed by atoms with Crippen LogP contribution < -0.4 is 5.32 Å². The van der Waals surface area contributed by atoms with Crippen molar-refractivity contribution in [1.29, 1.82) is 0 Å². The smallest absolute Gasteiger partial charge is 0.135 e. The van der Waals surface area contributed by atoms with Crippen molar-refractivity contribution in [2.24, 2.45) is 0 Å². The summed E-state index contributed by atoms with van der Waals surface area (Å²) in [6.45, 7) is 2.80. The van der Waals surface area contributed by atoms with Crippen molar-refractivity contribution in [2.45, 2.75) is 25.9 Å². The molecular weight excluding hydrogens is 386 g/mol. The number of nitrogens with one attached hydrogen (secondary N) is 1. The van der Waals surface area contributed by atoms with Crippen molar-refractivity contribution in [3.63, 3.8) is 0 Å². The third-order valence-corrected chi connectivity index (χ3v) is 4.29. The van der Waals surface area contributed by atoms with Gasteiger partial charge in [0.15, 0.2) is 0 Å². The minimum absolute atomic E-state index is 0.114. The molecule has 108 valence electrons. The van der Waals surface area contributed by atoms with E-state index in [0.29, 0.717) is 6.54 Å². The van der Waals surface area contributed by atoms with E-state index in [1.54, 1.807) is 0 Å². The van der Waals surface area contributed by atoms with Crippen LogP contribution in [-0.4, -0.2) is 17.8 Å². The average Bonchev–Trinajstić information content (AvgIpc) is 2.88. The molecule has 20 heavy (non-hydrogen) atoms. The molecule has 2 aromatic rings. The van der Waals surface area contributed by atoms with Crippen LogP contribution in [0.1, 0.15) is 19.1 Å². The Bertz CT molecular complexity index is 565. The van der Waals surface area contributed by atoms with Crippen LogP contribution in [0.2, 0.25) is 0 Å². The maximum absolute atomic E-state index is 9.15. The molecule has 0 saturated heterocycles. The molecule has 0 bridgehead atoms. The summed E-state index contributed by atoms with van der Waals surface area (Å²) >= 11 is 6.98. The van der Waals surface area contributed by atoms with Crippen LogP contribution >= 0.6 is 31.9 Å². The predicted octanol–water partition coefficient (Wildman–Crippen LogP) is 4.33. The first-order chi connectivity index (χ1) is 9.63. The van der Waals surface area contributed by atoms with Crippen LogP contribution in [0.5, 0.6) is 0 Å². The fourth-order valence-corrected chi connectivity index (χ4v) is 3.13. The Balaban J connectivity index is 2.08. The van der Waals surface area contributed by atoms with Crippen molar-refractivity contribution < 1.29 is 9.52 Å². The summed E-state index contributed by atoms with van der Waals surface area (Å²) in [5, 5.41) is 12.4. The molecule has 3 nitrogen and oxygen atoms in total. The molecule has 1 heterocycles. The monoisotopic (exact) mass is 401 g/mol. The molecule has 5 heteroatoms. The van der Waals surface area contributed by atoms with E-state index in [9.17, 15) is 0 Å². The van der Waals surface area contributed by atoms with Gasteiger partial charge in [-0.3, -0.25) is 0 Å². The lowest BCUT2D eigenvalue weighted by Gasteiger charge is -2.12. The quantitative estimate of drug-likeness (QED) is 0.755. The third kappa shape index (κ3) is 3.95. The average molecular weight is 403 g/mol. The summed E-state index contributed by atoms with van der Waals surface area (Å²) in [6, 6.07) is 10.0. The molecule has 0 aliphatic heterocycles. The molecule has 1 aromatic heterocycles. The molecule has 0 saturated carbocycles. The van der Waals surface area contributed by atoms with Crippen LogP contribution in [0.4, 0.5) is 0 Å². The molecule has 0 amide bonds. The molecule has 0 aliphatic rings. The van der Waals surface area contributed by atoms with Gasteiger partial charge in [-0.05, 0) is 52.7 Å². The van der Waals surface area contributed by atoms with Crippen LogP contribution in [-0.2, 0) is 6.54 Å². The van der Waals surface area contributed by atoms with Gasteiger partial charge in [-0.15, -0.1) is 0 Å². The second-order valence-corrected chi connectivity index (χ2v) is 6.33. The summed E-state index contributed by atoms with van der Waals surface area (Å²) < 4.78 is 7.85. The number of benzene rings is 1. The van der Waals surface area contributed by atoms with E-state index in [-0.39, 0.29) is 12.6 Å². The second kappa shape index (κ2) is 7.41. The molecule has 2 N–H and O–H groups in total. The van der Waals surface area contributed by atoms with Gasteiger partial charge in [-0.25, -0.2) is 0 Å². The number of rotatable bonds is 6. The van der Waals surface area contributed by atoms with Crippen molar-refractivity contribution in [3.8, 4) is 11.3 Å². The number of halogens is 2. The largest absolute Gasteiger partial charge is 0.460 e.